The molecular formula is C9H8N4. The van der Waals surface area contributed by atoms with Crippen molar-refractivity contribution in [2.75, 3.05) is 0 Å². The number of hydrogen-bond donors (Lipinski definition) is 0. The summed E-state index contributed by atoms with van der Waals surface area (Å²) >= 11 is 0. The van der Waals surface area contributed by atoms with Crippen molar-refractivity contribution in [1.82, 2.24) is 0 Å². The molecule has 0 bridgehead atoms. The SMILES string of the molecule is CC(N=[N+]=[N-])c1ccc(C#N)cc1. The summed E-state index contributed by atoms with van der Waals surface area (Å²) in [7, 11) is 0. The third kappa shape index (κ3) is 2.22. The summed E-state index contributed by atoms with van der Waals surface area (Å²) in [5.41, 5.74) is 9.73. The van der Waals surface area contributed by atoms with Crippen LogP contribution in [0.15, 0.2) is 29.4 Å². The Morgan fingerprint density at radius 1 is 1.46 bits per heavy atom. The first-order chi connectivity index (χ1) is 6.27. The molecule has 0 fully saturated rings. The molecule has 1 aromatic rings. The van der Waals surface area contributed by atoms with Crippen LogP contribution < -0.4 is 0 Å². The monoisotopic (exact) mass is 172 g/mol. The second-order valence-electron chi connectivity index (χ2n) is 2.61. The van der Waals surface area contributed by atoms with Crippen LogP contribution in [0.4, 0.5) is 0 Å². The van der Waals surface area contributed by atoms with Crippen molar-refractivity contribution in [2.45, 2.75) is 13.0 Å². The largest absolute Gasteiger partial charge is 0.192 e. The molecule has 0 aliphatic rings. The zero-order chi connectivity index (χ0) is 9.68. The van der Waals surface area contributed by atoms with Crippen LogP contribution >= 0.6 is 0 Å². The van der Waals surface area contributed by atoms with Gasteiger partial charge in [-0.2, -0.15) is 5.26 Å². The molecule has 0 amide bonds. The number of benzene rings is 1. The van der Waals surface area contributed by atoms with Crippen molar-refractivity contribution < 1.29 is 0 Å². The second kappa shape index (κ2) is 4.15. The highest BCUT2D eigenvalue weighted by Gasteiger charge is 2.01. The Bertz CT molecular complexity index is 368. The van der Waals surface area contributed by atoms with Gasteiger partial charge in [0.15, 0.2) is 0 Å². The topological polar surface area (TPSA) is 72.6 Å². The van der Waals surface area contributed by atoms with E-state index in [1.54, 1.807) is 31.2 Å². The molecule has 1 unspecified atom stereocenters. The summed E-state index contributed by atoms with van der Waals surface area (Å²) in [5, 5.41) is 12.1. The van der Waals surface area contributed by atoms with Crippen LogP contribution in [0.1, 0.15) is 24.1 Å². The highest BCUT2D eigenvalue weighted by molar-refractivity contribution is 5.32. The molecule has 0 aliphatic heterocycles. The van der Waals surface area contributed by atoms with Gasteiger partial charge >= 0.3 is 0 Å². The molecule has 0 aromatic heterocycles. The molecule has 0 spiro atoms. The van der Waals surface area contributed by atoms with E-state index in [2.05, 4.69) is 10.0 Å². The number of hydrogen-bond acceptors (Lipinski definition) is 2. The Kier molecular flexibility index (Phi) is 2.91. The van der Waals surface area contributed by atoms with Crippen LogP contribution in [-0.4, -0.2) is 0 Å². The second-order valence-corrected chi connectivity index (χ2v) is 2.61. The Hall–Kier alpha value is -1.98. The van der Waals surface area contributed by atoms with Gasteiger partial charge in [0.2, 0.25) is 0 Å². The average Bonchev–Trinajstić information content (AvgIpc) is 2.18. The van der Waals surface area contributed by atoms with Crippen LogP contribution in [0.5, 0.6) is 0 Å². The van der Waals surface area contributed by atoms with E-state index in [1.807, 2.05) is 6.07 Å². The zero-order valence-electron chi connectivity index (χ0n) is 7.18. The predicted octanol–water partition coefficient (Wildman–Crippen LogP) is 2.93. The maximum absolute atomic E-state index is 8.54. The number of nitrogens with zero attached hydrogens (tertiary/aromatic N) is 4. The molecule has 4 nitrogen and oxygen atoms in total. The Morgan fingerprint density at radius 3 is 2.54 bits per heavy atom. The predicted molar refractivity (Wildman–Crippen MR) is 48.7 cm³/mol. The minimum absolute atomic E-state index is 0.183. The third-order valence-corrected chi connectivity index (χ3v) is 1.75. The average molecular weight is 172 g/mol. The zero-order valence-corrected chi connectivity index (χ0v) is 7.18. The molecule has 13 heavy (non-hydrogen) atoms. The maximum Gasteiger partial charge on any atom is 0.0991 e. The van der Waals surface area contributed by atoms with Gasteiger partial charge in [0.1, 0.15) is 0 Å². The summed E-state index contributed by atoms with van der Waals surface area (Å²) in [6.45, 7) is 1.81. The van der Waals surface area contributed by atoms with Gasteiger partial charge in [-0.3, -0.25) is 0 Å². The normalized spacial score (nSPS) is 11.1. The van der Waals surface area contributed by atoms with Gasteiger partial charge in [0.05, 0.1) is 17.7 Å². The van der Waals surface area contributed by atoms with Gasteiger partial charge in [-0.1, -0.05) is 24.2 Å². The fourth-order valence-electron chi connectivity index (χ4n) is 0.980. The first-order valence-electron chi connectivity index (χ1n) is 3.82. The van der Waals surface area contributed by atoms with E-state index in [1.165, 1.54) is 0 Å². The van der Waals surface area contributed by atoms with Crippen molar-refractivity contribution in [1.29, 1.82) is 5.26 Å². The van der Waals surface area contributed by atoms with E-state index >= 15 is 0 Å². The first kappa shape index (κ1) is 9.11. The van der Waals surface area contributed by atoms with E-state index in [4.69, 9.17) is 10.8 Å². The Morgan fingerprint density at radius 2 is 2.08 bits per heavy atom. The summed E-state index contributed by atoms with van der Waals surface area (Å²) in [4.78, 5) is 2.71. The highest BCUT2D eigenvalue weighted by Crippen LogP contribution is 2.16. The van der Waals surface area contributed by atoms with E-state index < -0.39 is 0 Å². The van der Waals surface area contributed by atoms with E-state index in [0.29, 0.717) is 5.56 Å². The van der Waals surface area contributed by atoms with Crippen molar-refractivity contribution in [3.8, 4) is 6.07 Å². The molecule has 1 aromatic carbocycles. The van der Waals surface area contributed by atoms with Crippen molar-refractivity contribution in [2.24, 2.45) is 5.11 Å². The summed E-state index contributed by atoms with van der Waals surface area (Å²) in [5.74, 6) is 0. The lowest BCUT2D eigenvalue weighted by Gasteiger charge is -2.03. The third-order valence-electron chi connectivity index (χ3n) is 1.75. The molecule has 0 saturated carbocycles. The van der Waals surface area contributed by atoms with Crippen LogP contribution in [0, 0.1) is 11.3 Å². The molecular weight excluding hydrogens is 164 g/mol. The Balaban J connectivity index is 2.93. The molecule has 4 heteroatoms. The standard InChI is InChI=1S/C9H8N4/c1-7(12-13-11)9-4-2-8(6-10)3-5-9/h2-5,7H,1H3. The quantitative estimate of drug-likeness (QED) is 0.384. The molecule has 0 heterocycles. The molecule has 1 atom stereocenters. The van der Waals surface area contributed by atoms with Gasteiger partial charge in [0, 0.05) is 4.91 Å². The van der Waals surface area contributed by atoms with Crippen LogP contribution in [-0.2, 0) is 0 Å². The minimum Gasteiger partial charge on any atom is -0.192 e. The number of nitriles is 1. The van der Waals surface area contributed by atoms with Gasteiger partial charge in [-0.25, -0.2) is 0 Å². The minimum atomic E-state index is -0.183. The van der Waals surface area contributed by atoms with E-state index in [9.17, 15) is 0 Å². The number of rotatable bonds is 2. The summed E-state index contributed by atoms with van der Waals surface area (Å²) in [6, 6.07) is 8.83. The molecule has 0 radical (unpaired) electrons. The van der Waals surface area contributed by atoms with E-state index in [0.717, 1.165) is 5.56 Å². The molecule has 0 aliphatic carbocycles. The fraction of sp³-hybridized carbons (Fsp3) is 0.222. The lowest BCUT2D eigenvalue weighted by molar-refractivity contribution is 0.807. The lowest BCUT2D eigenvalue weighted by Crippen LogP contribution is -1.87. The summed E-state index contributed by atoms with van der Waals surface area (Å²) in [6.07, 6.45) is 0. The summed E-state index contributed by atoms with van der Waals surface area (Å²) < 4.78 is 0. The lowest BCUT2D eigenvalue weighted by atomic mass is 10.1. The molecule has 64 valence electrons. The van der Waals surface area contributed by atoms with Gasteiger partial charge in [-0.05, 0) is 23.2 Å². The van der Waals surface area contributed by atoms with E-state index in [-0.39, 0.29) is 6.04 Å². The fourth-order valence-corrected chi connectivity index (χ4v) is 0.980. The van der Waals surface area contributed by atoms with Crippen LogP contribution in [0.3, 0.4) is 0 Å². The first-order valence-corrected chi connectivity index (χ1v) is 3.82. The molecule has 0 saturated heterocycles. The molecule has 0 N–H and O–H groups in total. The highest BCUT2D eigenvalue weighted by atomic mass is 15.1. The number of azide groups is 1. The van der Waals surface area contributed by atoms with Crippen LogP contribution in [0.25, 0.3) is 10.4 Å². The van der Waals surface area contributed by atoms with Crippen molar-refractivity contribution >= 4 is 0 Å². The smallest absolute Gasteiger partial charge is 0.0991 e. The van der Waals surface area contributed by atoms with Crippen LogP contribution in [0.2, 0.25) is 0 Å². The van der Waals surface area contributed by atoms with Gasteiger partial charge in [-0.15, -0.1) is 0 Å². The van der Waals surface area contributed by atoms with Gasteiger partial charge in [0.25, 0.3) is 0 Å². The maximum atomic E-state index is 8.54. The van der Waals surface area contributed by atoms with Crippen molar-refractivity contribution in [3.05, 3.63) is 45.8 Å². The Labute approximate surface area is 76.1 Å². The van der Waals surface area contributed by atoms with Crippen molar-refractivity contribution in [3.63, 3.8) is 0 Å². The molecule has 1 rings (SSSR count). The van der Waals surface area contributed by atoms with Gasteiger partial charge < -0.3 is 0 Å².